The quantitative estimate of drug-likeness (QED) is 0.347. The SMILES string of the molecule is CCCC(C(=O)O)[C@@H]1CCCN(Cc2cc(C(F)(F)F)ccc2C(F)(F)F)[C@H]1C1C=CC(C(F)(F)F)=CC1. The number of allylic oxidation sites excluding steroid dienone is 3. The van der Waals surface area contributed by atoms with Gasteiger partial charge in [0, 0.05) is 12.6 Å². The fraction of sp³-hybridized carbons (Fsp3) is 0.577. The maximum Gasteiger partial charge on any atom is 0.416 e. The molecule has 0 saturated carbocycles. The minimum atomic E-state index is -4.94. The van der Waals surface area contributed by atoms with Crippen LogP contribution in [0.25, 0.3) is 0 Å². The Morgan fingerprint density at radius 1 is 1.05 bits per heavy atom. The van der Waals surface area contributed by atoms with Crippen LogP contribution in [0.2, 0.25) is 0 Å². The summed E-state index contributed by atoms with van der Waals surface area (Å²) in [6.07, 6.45) is -9.91. The molecular weight excluding hydrogens is 529 g/mol. The standard InChI is InChI=1S/C26H28F9NO2/c1-2-4-20(23(37)38)19-5-3-12-36(22(19)15-6-8-17(9-7-15)24(27,28)29)14-16-13-18(25(30,31)32)10-11-21(16)26(33,34)35/h6,8-11,13,15,19-20,22H,2-5,7,12,14H2,1H3,(H,37,38)/t15?,19-,20?,22-/m0/s1. The van der Waals surface area contributed by atoms with Crippen LogP contribution in [0.15, 0.2) is 42.0 Å². The molecule has 1 saturated heterocycles. The van der Waals surface area contributed by atoms with Crippen molar-refractivity contribution in [2.24, 2.45) is 17.8 Å². The van der Waals surface area contributed by atoms with Gasteiger partial charge in [0.2, 0.25) is 0 Å². The van der Waals surface area contributed by atoms with Crippen molar-refractivity contribution in [2.75, 3.05) is 6.54 Å². The molecule has 38 heavy (non-hydrogen) atoms. The Bertz CT molecular complexity index is 1060. The van der Waals surface area contributed by atoms with E-state index in [4.69, 9.17) is 0 Å². The van der Waals surface area contributed by atoms with E-state index in [1.54, 1.807) is 6.92 Å². The van der Waals surface area contributed by atoms with E-state index >= 15 is 0 Å². The van der Waals surface area contributed by atoms with E-state index in [0.29, 0.717) is 37.5 Å². The van der Waals surface area contributed by atoms with Crippen molar-refractivity contribution in [1.82, 2.24) is 4.90 Å². The van der Waals surface area contributed by atoms with Crippen LogP contribution >= 0.6 is 0 Å². The van der Waals surface area contributed by atoms with Gasteiger partial charge in [-0.25, -0.2) is 0 Å². The number of nitrogens with zero attached hydrogens (tertiary/aromatic N) is 1. The number of likely N-dealkylation sites (tertiary alicyclic amines) is 1. The Labute approximate surface area is 214 Å². The molecule has 0 bridgehead atoms. The maximum absolute atomic E-state index is 13.7. The first-order chi connectivity index (χ1) is 17.5. The molecule has 0 spiro atoms. The van der Waals surface area contributed by atoms with E-state index in [1.165, 1.54) is 11.0 Å². The number of aliphatic carboxylic acids is 1. The van der Waals surface area contributed by atoms with Gasteiger partial charge in [0.15, 0.2) is 0 Å². The first-order valence-corrected chi connectivity index (χ1v) is 12.2. The fourth-order valence-corrected chi connectivity index (χ4v) is 5.66. The summed E-state index contributed by atoms with van der Waals surface area (Å²) in [4.78, 5) is 13.7. The number of piperidine rings is 1. The Balaban J connectivity index is 2.06. The first-order valence-electron chi connectivity index (χ1n) is 12.2. The zero-order valence-electron chi connectivity index (χ0n) is 20.4. The molecular formula is C26H28F9NO2. The van der Waals surface area contributed by atoms with Crippen LogP contribution in [0.3, 0.4) is 0 Å². The summed E-state index contributed by atoms with van der Waals surface area (Å²) in [5.41, 5.74) is -4.00. The van der Waals surface area contributed by atoms with Gasteiger partial charge in [-0.05, 0) is 67.8 Å². The molecule has 1 aromatic carbocycles. The van der Waals surface area contributed by atoms with E-state index < -0.39 is 77.1 Å². The molecule has 1 aliphatic heterocycles. The second-order valence-electron chi connectivity index (χ2n) is 9.78. The fourth-order valence-electron chi connectivity index (χ4n) is 5.66. The lowest BCUT2D eigenvalue weighted by Crippen LogP contribution is -2.52. The summed E-state index contributed by atoms with van der Waals surface area (Å²) in [6.45, 7) is 1.37. The zero-order chi connectivity index (χ0) is 28.5. The van der Waals surface area contributed by atoms with Crippen LogP contribution in [-0.2, 0) is 23.7 Å². The number of benzene rings is 1. The van der Waals surface area contributed by atoms with E-state index in [1.807, 2.05) is 0 Å². The number of halogens is 9. The molecule has 2 unspecified atom stereocenters. The lowest BCUT2D eigenvalue weighted by atomic mass is 9.71. The molecule has 1 aliphatic carbocycles. The third-order valence-corrected chi connectivity index (χ3v) is 7.29. The number of carbonyl (C=O) groups is 1. The van der Waals surface area contributed by atoms with Crippen LogP contribution in [0.1, 0.15) is 55.7 Å². The molecule has 1 fully saturated rings. The topological polar surface area (TPSA) is 40.5 Å². The van der Waals surface area contributed by atoms with Crippen molar-refractivity contribution in [2.45, 2.75) is 70.1 Å². The van der Waals surface area contributed by atoms with Crippen LogP contribution in [0, 0.1) is 17.8 Å². The van der Waals surface area contributed by atoms with Crippen LogP contribution in [0.5, 0.6) is 0 Å². The van der Waals surface area contributed by atoms with Crippen molar-refractivity contribution in [3.63, 3.8) is 0 Å². The van der Waals surface area contributed by atoms with Crippen molar-refractivity contribution in [3.05, 3.63) is 58.7 Å². The van der Waals surface area contributed by atoms with Gasteiger partial charge in [-0.3, -0.25) is 9.69 Å². The minimum absolute atomic E-state index is 0.129. The van der Waals surface area contributed by atoms with Crippen LogP contribution < -0.4 is 0 Å². The number of alkyl halides is 9. The zero-order valence-corrected chi connectivity index (χ0v) is 20.4. The van der Waals surface area contributed by atoms with Crippen molar-refractivity contribution in [1.29, 1.82) is 0 Å². The molecule has 0 aromatic heterocycles. The number of carboxylic acid groups (broad SMARTS) is 1. The molecule has 3 rings (SSSR count). The van der Waals surface area contributed by atoms with Crippen LogP contribution in [-0.4, -0.2) is 34.7 Å². The van der Waals surface area contributed by atoms with Crippen LogP contribution in [0.4, 0.5) is 39.5 Å². The van der Waals surface area contributed by atoms with Gasteiger partial charge < -0.3 is 5.11 Å². The van der Waals surface area contributed by atoms with Crippen molar-refractivity contribution in [3.8, 4) is 0 Å². The van der Waals surface area contributed by atoms with Gasteiger partial charge in [-0.15, -0.1) is 0 Å². The molecule has 12 heteroatoms. The molecule has 2 aliphatic rings. The molecule has 1 N–H and O–H groups in total. The highest BCUT2D eigenvalue weighted by atomic mass is 19.4. The second-order valence-corrected chi connectivity index (χ2v) is 9.78. The molecule has 0 amide bonds. The maximum atomic E-state index is 13.7. The van der Waals surface area contributed by atoms with E-state index in [-0.39, 0.29) is 19.4 Å². The largest absolute Gasteiger partial charge is 0.481 e. The van der Waals surface area contributed by atoms with E-state index in [0.717, 1.165) is 12.2 Å². The third kappa shape index (κ3) is 6.92. The molecule has 4 atom stereocenters. The molecule has 3 nitrogen and oxygen atoms in total. The first kappa shape index (κ1) is 30.0. The molecule has 0 radical (unpaired) electrons. The normalized spacial score (nSPS) is 24.3. The average Bonchev–Trinajstić information content (AvgIpc) is 2.80. The van der Waals surface area contributed by atoms with Gasteiger partial charge in [0.1, 0.15) is 0 Å². The smallest absolute Gasteiger partial charge is 0.416 e. The number of hydrogen-bond acceptors (Lipinski definition) is 2. The van der Waals surface area contributed by atoms with Gasteiger partial charge in [0.05, 0.1) is 22.6 Å². The summed E-state index contributed by atoms with van der Waals surface area (Å²) in [5, 5.41) is 9.90. The third-order valence-electron chi connectivity index (χ3n) is 7.29. The van der Waals surface area contributed by atoms with Crippen molar-refractivity contribution >= 4 is 5.97 Å². The summed E-state index contributed by atoms with van der Waals surface area (Å²) < 4.78 is 121. The minimum Gasteiger partial charge on any atom is -0.481 e. The molecule has 1 heterocycles. The Hall–Kier alpha value is -2.50. The van der Waals surface area contributed by atoms with Gasteiger partial charge in [0.25, 0.3) is 0 Å². The Morgan fingerprint density at radius 3 is 2.24 bits per heavy atom. The summed E-state index contributed by atoms with van der Waals surface area (Å²) >= 11 is 0. The summed E-state index contributed by atoms with van der Waals surface area (Å²) in [5.74, 6) is -3.30. The van der Waals surface area contributed by atoms with E-state index in [9.17, 15) is 49.4 Å². The van der Waals surface area contributed by atoms with Gasteiger partial charge in [-0.1, -0.05) is 31.6 Å². The second kappa shape index (κ2) is 11.3. The predicted octanol–water partition coefficient (Wildman–Crippen LogP) is 7.87. The lowest BCUT2D eigenvalue weighted by molar-refractivity contribution is -0.146. The highest BCUT2D eigenvalue weighted by molar-refractivity contribution is 5.70. The predicted molar refractivity (Wildman–Crippen MR) is 121 cm³/mol. The van der Waals surface area contributed by atoms with Gasteiger partial charge >= 0.3 is 24.5 Å². The van der Waals surface area contributed by atoms with E-state index in [2.05, 4.69) is 0 Å². The Morgan fingerprint density at radius 2 is 1.74 bits per heavy atom. The molecule has 212 valence electrons. The lowest BCUT2D eigenvalue weighted by Gasteiger charge is -2.47. The number of hydrogen-bond donors (Lipinski definition) is 1. The van der Waals surface area contributed by atoms with Crippen molar-refractivity contribution < 1.29 is 49.4 Å². The molecule has 1 aromatic rings. The highest BCUT2D eigenvalue weighted by Crippen LogP contribution is 2.43. The summed E-state index contributed by atoms with van der Waals surface area (Å²) in [7, 11) is 0. The van der Waals surface area contributed by atoms with Gasteiger partial charge in [-0.2, -0.15) is 39.5 Å². The number of rotatable bonds is 7. The monoisotopic (exact) mass is 557 g/mol. The number of carboxylic acids is 1. The summed E-state index contributed by atoms with van der Waals surface area (Å²) in [6, 6.07) is 0.402. The Kier molecular flexibility index (Phi) is 8.95. The highest BCUT2D eigenvalue weighted by Gasteiger charge is 2.45. The average molecular weight is 557 g/mol.